The standard InChI is InChI=1S/C16H19NO3/c18-15-7-6-14(16(19)20)10-17(15)9-11-4-5-12-2-1-3-13(12)8-11/h4-5,8,14H,1-3,6-7,9-10H2,(H,19,20). The Morgan fingerprint density at radius 3 is 2.85 bits per heavy atom. The number of fused-ring (bicyclic) bond motifs is 1. The molecule has 3 rings (SSSR count). The summed E-state index contributed by atoms with van der Waals surface area (Å²) >= 11 is 0. The highest BCUT2D eigenvalue weighted by atomic mass is 16.4. The molecule has 1 amide bonds. The van der Waals surface area contributed by atoms with Crippen LogP contribution >= 0.6 is 0 Å². The number of carbonyl (C=O) groups is 2. The lowest BCUT2D eigenvalue weighted by molar-refractivity contribution is -0.147. The number of nitrogens with zero attached hydrogens (tertiary/aromatic N) is 1. The summed E-state index contributed by atoms with van der Waals surface area (Å²) in [5, 5.41) is 9.10. The lowest BCUT2D eigenvalue weighted by Gasteiger charge is -2.30. The molecule has 2 aliphatic rings. The van der Waals surface area contributed by atoms with E-state index < -0.39 is 11.9 Å². The van der Waals surface area contributed by atoms with Gasteiger partial charge in [0.1, 0.15) is 0 Å². The number of rotatable bonds is 3. The van der Waals surface area contributed by atoms with Crippen LogP contribution in [0.25, 0.3) is 0 Å². The molecule has 1 unspecified atom stereocenters. The van der Waals surface area contributed by atoms with Crippen molar-refractivity contribution in [1.29, 1.82) is 0 Å². The van der Waals surface area contributed by atoms with Crippen LogP contribution in [-0.2, 0) is 29.0 Å². The summed E-state index contributed by atoms with van der Waals surface area (Å²) < 4.78 is 0. The van der Waals surface area contributed by atoms with Crippen LogP contribution in [0.1, 0.15) is 36.0 Å². The van der Waals surface area contributed by atoms with Crippen molar-refractivity contribution in [2.24, 2.45) is 5.92 Å². The minimum atomic E-state index is -0.795. The zero-order valence-electron chi connectivity index (χ0n) is 11.5. The fraction of sp³-hybridized carbons (Fsp3) is 0.500. The van der Waals surface area contributed by atoms with Crippen molar-refractivity contribution in [3.63, 3.8) is 0 Å². The van der Waals surface area contributed by atoms with Crippen molar-refractivity contribution in [2.75, 3.05) is 6.54 Å². The highest BCUT2D eigenvalue weighted by Crippen LogP contribution is 2.25. The van der Waals surface area contributed by atoms with Crippen LogP contribution in [0, 0.1) is 5.92 Å². The first kappa shape index (κ1) is 13.2. The second-order valence-electron chi connectivity index (χ2n) is 5.80. The van der Waals surface area contributed by atoms with E-state index in [0.29, 0.717) is 25.9 Å². The third-order valence-corrected chi connectivity index (χ3v) is 4.39. The molecule has 106 valence electrons. The zero-order chi connectivity index (χ0) is 14.1. The van der Waals surface area contributed by atoms with E-state index in [1.807, 2.05) is 0 Å². The van der Waals surface area contributed by atoms with Crippen LogP contribution in [0.5, 0.6) is 0 Å². The van der Waals surface area contributed by atoms with Crippen molar-refractivity contribution < 1.29 is 14.7 Å². The first-order valence-electron chi connectivity index (χ1n) is 7.25. The molecule has 0 radical (unpaired) electrons. The number of piperidine rings is 1. The fourth-order valence-corrected chi connectivity index (χ4v) is 3.21. The van der Waals surface area contributed by atoms with Crippen molar-refractivity contribution >= 4 is 11.9 Å². The first-order chi connectivity index (χ1) is 9.63. The molecule has 4 heteroatoms. The number of hydrogen-bond acceptors (Lipinski definition) is 2. The lowest BCUT2D eigenvalue weighted by atomic mass is 9.97. The van der Waals surface area contributed by atoms with Crippen LogP contribution in [0.15, 0.2) is 18.2 Å². The maximum absolute atomic E-state index is 11.9. The molecule has 0 aromatic heterocycles. The quantitative estimate of drug-likeness (QED) is 0.916. The van der Waals surface area contributed by atoms with Crippen LogP contribution < -0.4 is 0 Å². The number of carboxylic acid groups (broad SMARTS) is 1. The largest absolute Gasteiger partial charge is 0.481 e. The molecule has 20 heavy (non-hydrogen) atoms. The molecule has 0 spiro atoms. The van der Waals surface area contributed by atoms with E-state index >= 15 is 0 Å². The van der Waals surface area contributed by atoms with E-state index in [2.05, 4.69) is 18.2 Å². The summed E-state index contributed by atoms with van der Waals surface area (Å²) in [5.74, 6) is -1.14. The van der Waals surface area contributed by atoms with Gasteiger partial charge in [0.15, 0.2) is 0 Å². The minimum Gasteiger partial charge on any atom is -0.481 e. The monoisotopic (exact) mass is 273 g/mol. The Balaban J connectivity index is 1.72. The summed E-state index contributed by atoms with van der Waals surface area (Å²) in [6.07, 6.45) is 4.30. The molecule has 1 atom stereocenters. The molecule has 1 saturated heterocycles. The number of aryl methyl sites for hydroxylation is 2. The molecule has 1 aliphatic carbocycles. The molecule has 1 fully saturated rings. The van der Waals surface area contributed by atoms with Gasteiger partial charge in [-0.1, -0.05) is 18.2 Å². The highest BCUT2D eigenvalue weighted by molar-refractivity contribution is 5.80. The molecule has 1 heterocycles. The van der Waals surface area contributed by atoms with Crippen molar-refractivity contribution in [2.45, 2.75) is 38.6 Å². The fourth-order valence-electron chi connectivity index (χ4n) is 3.21. The van der Waals surface area contributed by atoms with Gasteiger partial charge in [0.2, 0.25) is 5.91 Å². The Bertz CT molecular complexity index is 553. The normalized spacial score (nSPS) is 21.9. The third kappa shape index (κ3) is 2.55. The molecule has 1 aromatic carbocycles. The van der Waals surface area contributed by atoms with E-state index in [1.54, 1.807) is 4.90 Å². The van der Waals surface area contributed by atoms with Gasteiger partial charge in [0, 0.05) is 19.5 Å². The van der Waals surface area contributed by atoms with Crippen LogP contribution in [-0.4, -0.2) is 28.4 Å². The number of amides is 1. The molecule has 1 N–H and O–H groups in total. The zero-order valence-corrected chi connectivity index (χ0v) is 11.5. The van der Waals surface area contributed by atoms with Gasteiger partial charge in [-0.2, -0.15) is 0 Å². The molecular formula is C16H19NO3. The predicted molar refractivity (Wildman–Crippen MR) is 74.2 cm³/mol. The van der Waals surface area contributed by atoms with Gasteiger partial charge in [-0.15, -0.1) is 0 Å². The number of aliphatic carboxylic acids is 1. The van der Waals surface area contributed by atoms with E-state index in [1.165, 1.54) is 17.5 Å². The Morgan fingerprint density at radius 1 is 1.25 bits per heavy atom. The highest BCUT2D eigenvalue weighted by Gasteiger charge is 2.30. The van der Waals surface area contributed by atoms with Gasteiger partial charge in [-0.05, 0) is 42.4 Å². The summed E-state index contributed by atoms with van der Waals surface area (Å²) in [5.41, 5.74) is 3.92. The Kier molecular flexibility index (Phi) is 3.47. The predicted octanol–water partition coefficient (Wildman–Crippen LogP) is 2.00. The second kappa shape index (κ2) is 5.27. The summed E-state index contributed by atoms with van der Waals surface area (Å²) in [6.45, 7) is 0.876. The summed E-state index contributed by atoms with van der Waals surface area (Å²) in [7, 11) is 0. The van der Waals surface area contributed by atoms with E-state index in [-0.39, 0.29) is 5.91 Å². The van der Waals surface area contributed by atoms with Crippen LogP contribution in [0.3, 0.4) is 0 Å². The lowest BCUT2D eigenvalue weighted by Crippen LogP contribution is -2.42. The SMILES string of the molecule is O=C(O)C1CCC(=O)N(Cc2ccc3c(c2)CCC3)C1. The van der Waals surface area contributed by atoms with Gasteiger partial charge in [0.05, 0.1) is 5.92 Å². The maximum atomic E-state index is 11.9. The van der Waals surface area contributed by atoms with Crippen LogP contribution in [0.2, 0.25) is 0 Å². The maximum Gasteiger partial charge on any atom is 0.308 e. The van der Waals surface area contributed by atoms with Crippen molar-refractivity contribution in [3.05, 3.63) is 34.9 Å². The Labute approximate surface area is 118 Å². The second-order valence-corrected chi connectivity index (χ2v) is 5.80. The van der Waals surface area contributed by atoms with Gasteiger partial charge < -0.3 is 10.0 Å². The van der Waals surface area contributed by atoms with E-state index in [9.17, 15) is 9.59 Å². The summed E-state index contributed by atoms with van der Waals surface area (Å²) in [4.78, 5) is 24.7. The molecule has 4 nitrogen and oxygen atoms in total. The molecule has 1 aromatic rings. The Morgan fingerprint density at radius 2 is 2.05 bits per heavy atom. The number of carboxylic acids is 1. The van der Waals surface area contributed by atoms with Gasteiger partial charge in [0.25, 0.3) is 0 Å². The van der Waals surface area contributed by atoms with Gasteiger partial charge in [-0.3, -0.25) is 9.59 Å². The van der Waals surface area contributed by atoms with E-state index in [0.717, 1.165) is 18.4 Å². The summed E-state index contributed by atoms with van der Waals surface area (Å²) in [6, 6.07) is 6.41. The average molecular weight is 273 g/mol. The number of carbonyl (C=O) groups excluding carboxylic acids is 1. The average Bonchev–Trinajstić information content (AvgIpc) is 2.88. The molecule has 0 saturated carbocycles. The number of hydrogen-bond donors (Lipinski definition) is 1. The van der Waals surface area contributed by atoms with Gasteiger partial charge in [-0.25, -0.2) is 0 Å². The molecule has 1 aliphatic heterocycles. The Hall–Kier alpha value is -1.84. The number of likely N-dealkylation sites (tertiary alicyclic amines) is 1. The smallest absolute Gasteiger partial charge is 0.308 e. The first-order valence-corrected chi connectivity index (χ1v) is 7.25. The topological polar surface area (TPSA) is 57.6 Å². The van der Waals surface area contributed by atoms with Crippen molar-refractivity contribution in [1.82, 2.24) is 4.90 Å². The molecule has 0 bridgehead atoms. The van der Waals surface area contributed by atoms with Crippen molar-refractivity contribution in [3.8, 4) is 0 Å². The van der Waals surface area contributed by atoms with Gasteiger partial charge >= 0.3 is 5.97 Å². The minimum absolute atomic E-state index is 0.0722. The third-order valence-electron chi connectivity index (χ3n) is 4.39. The number of benzene rings is 1. The van der Waals surface area contributed by atoms with E-state index in [4.69, 9.17) is 5.11 Å². The van der Waals surface area contributed by atoms with Crippen LogP contribution in [0.4, 0.5) is 0 Å². The molecular weight excluding hydrogens is 254 g/mol.